The Hall–Kier alpha value is -1.83. The summed E-state index contributed by atoms with van der Waals surface area (Å²) in [7, 11) is 1.77. The number of amides is 1. The number of carbonyl (C=O) groups is 1. The molecule has 0 aliphatic carbocycles. The zero-order chi connectivity index (χ0) is 17.1. The van der Waals surface area contributed by atoms with Crippen LogP contribution < -0.4 is 4.99 Å². The molecule has 1 fully saturated rings. The lowest BCUT2D eigenvalue weighted by Crippen LogP contribution is -2.70. The van der Waals surface area contributed by atoms with Crippen LogP contribution in [0.15, 0.2) is 42.8 Å². The minimum atomic E-state index is -0.271. The molecular formula is C16H15ClN3O2S2+. The average Bonchev–Trinajstić information content (AvgIpc) is 3.22. The highest BCUT2D eigenvalue weighted by Gasteiger charge is 2.45. The van der Waals surface area contributed by atoms with Gasteiger partial charge < -0.3 is 5.11 Å². The van der Waals surface area contributed by atoms with Gasteiger partial charge in [-0.15, -0.1) is 11.3 Å². The fraction of sp³-hybridized carbons (Fsp3) is 0.188. The molecule has 1 aromatic carbocycles. The van der Waals surface area contributed by atoms with E-state index in [1.165, 1.54) is 11.3 Å². The SMILES string of the molecule is C[NH+]=C1SCC(c2cnc(Cl)s2)N1C(=O)/C(=C/O)c1ccccc1. The fourth-order valence-corrected chi connectivity index (χ4v) is 4.79. The number of aliphatic hydroxyl groups excluding tert-OH is 1. The van der Waals surface area contributed by atoms with E-state index < -0.39 is 0 Å². The maximum atomic E-state index is 13.1. The van der Waals surface area contributed by atoms with Crippen LogP contribution in [0.4, 0.5) is 0 Å². The number of nitrogens with one attached hydrogen (secondary N) is 1. The van der Waals surface area contributed by atoms with Crippen molar-refractivity contribution in [1.29, 1.82) is 0 Å². The van der Waals surface area contributed by atoms with Gasteiger partial charge in [0.05, 0.1) is 23.9 Å². The Bertz CT molecular complexity index is 805. The molecule has 1 aromatic heterocycles. The summed E-state index contributed by atoms with van der Waals surface area (Å²) in [5, 5.41) is 10.4. The van der Waals surface area contributed by atoms with Crippen molar-refractivity contribution in [2.24, 2.45) is 0 Å². The molecule has 1 amide bonds. The Morgan fingerprint density at radius 1 is 1.46 bits per heavy atom. The topological polar surface area (TPSA) is 67.4 Å². The highest BCUT2D eigenvalue weighted by molar-refractivity contribution is 8.13. The first-order valence-corrected chi connectivity index (χ1v) is 9.35. The molecule has 1 aliphatic heterocycles. The summed E-state index contributed by atoms with van der Waals surface area (Å²) < 4.78 is 0.446. The van der Waals surface area contributed by atoms with Crippen LogP contribution in [-0.4, -0.2) is 38.9 Å². The van der Waals surface area contributed by atoms with Crippen LogP contribution in [0.1, 0.15) is 16.5 Å². The Balaban J connectivity index is 1.98. The summed E-state index contributed by atoms with van der Waals surface area (Å²) in [5.41, 5.74) is 0.907. The fourth-order valence-electron chi connectivity index (χ4n) is 2.50. The number of thiazole rings is 1. The molecular weight excluding hydrogens is 366 g/mol. The van der Waals surface area contributed by atoms with E-state index in [2.05, 4.69) is 9.98 Å². The summed E-state index contributed by atoms with van der Waals surface area (Å²) in [4.78, 5) is 22.8. The number of aromatic nitrogens is 1. The molecule has 1 unspecified atom stereocenters. The Morgan fingerprint density at radius 3 is 2.79 bits per heavy atom. The Labute approximate surface area is 152 Å². The van der Waals surface area contributed by atoms with Crippen LogP contribution in [0.5, 0.6) is 0 Å². The van der Waals surface area contributed by atoms with Crippen molar-refractivity contribution in [1.82, 2.24) is 9.88 Å². The Kier molecular flexibility index (Phi) is 5.23. The molecule has 0 spiro atoms. The highest BCUT2D eigenvalue weighted by atomic mass is 35.5. The van der Waals surface area contributed by atoms with E-state index >= 15 is 0 Å². The van der Waals surface area contributed by atoms with Gasteiger partial charge in [0.25, 0.3) is 0 Å². The van der Waals surface area contributed by atoms with Crippen LogP contribution in [0.3, 0.4) is 0 Å². The van der Waals surface area contributed by atoms with Crippen LogP contribution in [0, 0.1) is 0 Å². The standard InChI is InChI=1S/C16H14ClN3O2S2/c1-18-16-20(12(9-23-16)13-7-19-15(17)24-13)14(22)11(8-21)10-5-3-2-4-6-10/h2-8,12,21H,9H2,1H3/p+1/b11-8+,18-16?. The average molecular weight is 381 g/mol. The number of aliphatic hydroxyl groups is 1. The first kappa shape index (κ1) is 17.0. The van der Waals surface area contributed by atoms with Gasteiger partial charge in [0.15, 0.2) is 10.5 Å². The van der Waals surface area contributed by atoms with Gasteiger partial charge in [-0.3, -0.25) is 4.99 Å². The lowest BCUT2D eigenvalue weighted by atomic mass is 10.1. The van der Waals surface area contributed by atoms with Gasteiger partial charge in [-0.1, -0.05) is 41.9 Å². The Morgan fingerprint density at radius 2 is 2.21 bits per heavy atom. The molecule has 24 heavy (non-hydrogen) atoms. The number of carbonyl (C=O) groups excluding carboxylic acids is 1. The number of rotatable bonds is 3. The van der Waals surface area contributed by atoms with Crippen LogP contribution in [0.2, 0.25) is 4.47 Å². The van der Waals surface area contributed by atoms with Crippen LogP contribution in [0.25, 0.3) is 5.57 Å². The first-order chi connectivity index (χ1) is 11.7. The molecule has 2 heterocycles. The van der Waals surface area contributed by atoms with Crippen molar-refractivity contribution in [2.45, 2.75) is 6.04 Å². The van der Waals surface area contributed by atoms with E-state index in [1.54, 1.807) is 42.0 Å². The van der Waals surface area contributed by atoms with Crippen LogP contribution >= 0.6 is 34.7 Å². The number of hydrogen-bond acceptors (Lipinski definition) is 5. The molecule has 1 saturated heterocycles. The monoisotopic (exact) mass is 380 g/mol. The number of thioether (sulfide) groups is 1. The number of hydrogen-bond donors (Lipinski definition) is 2. The number of halogens is 1. The van der Waals surface area contributed by atoms with E-state index in [9.17, 15) is 9.90 Å². The third-order valence-corrected chi connectivity index (χ3v) is 5.98. The summed E-state index contributed by atoms with van der Waals surface area (Å²) >= 11 is 8.85. The second-order valence-corrected chi connectivity index (χ2v) is 7.63. The molecule has 2 aromatic rings. The van der Waals surface area contributed by atoms with Gasteiger partial charge in [0, 0.05) is 6.20 Å². The third kappa shape index (κ3) is 3.19. The molecule has 0 radical (unpaired) electrons. The minimum absolute atomic E-state index is 0.173. The predicted octanol–water partition coefficient (Wildman–Crippen LogP) is 2.08. The maximum Gasteiger partial charge on any atom is 0.345 e. The summed E-state index contributed by atoms with van der Waals surface area (Å²) in [5.74, 6) is 0.432. The van der Waals surface area contributed by atoms with Crippen molar-refractivity contribution in [2.75, 3.05) is 12.8 Å². The van der Waals surface area contributed by atoms with Crippen molar-refractivity contribution < 1.29 is 14.9 Å². The zero-order valence-corrected chi connectivity index (χ0v) is 15.2. The van der Waals surface area contributed by atoms with E-state index in [4.69, 9.17) is 11.6 Å². The zero-order valence-electron chi connectivity index (χ0n) is 12.8. The number of nitrogens with zero attached hydrogens (tertiary/aromatic N) is 2. The summed E-state index contributed by atoms with van der Waals surface area (Å²) in [6.45, 7) is 0. The summed E-state index contributed by atoms with van der Waals surface area (Å²) in [6.07, 6.45) is 2.56. The molecule has 1 atom stereocenters. The molecule has 3 rings (SSSR count). The molecule has 2 N–H and O–H groups in total. The second-order valence-electron chi connectivity index (χ2n) is 4.98. The van der Waals surface area contributed by atoms with Crippen molar-refractivity contribution >= 4 is 51.3 Å². The molecule has 1 aliphatic rings. The smallest absolute Gasteiger partial charge is 0.345 e. The second kappa shape index (κ2) is 7.38. The van der Waals surface area contributed by atoms with Gasteiger partial charge in [-0.05, 0) is 17.3 Å². The van der Waals surface area contributed by atoms with E-state index in [-0.39, 0.29) is 17.5 Å². The molecule has 0 bridgehead atoms. The van der Waals surface area contributed by atoms with E-state index in [0.717, 1.165) is 16.3 Å². The first-order valence-electron chi connectivity index (χ1n) is 7.17. The summed E-state index contributed by atoms with van der Waals surface area (Å²) in [6, 6.07) is 8.93. The van der Waals surface area contributed by atoms with E-state index in [0.29, 0.717) is 15.8 Å². The molecule has 0 saturated carbocycles. The van der Waals surface area contributed by atoms with Crippen LogP contribution in [-0.2, 0) is 4.79 Å². The third-order valence-electron chi connectivity index (χ3n) is 3.61. The maximum absolute atomic E-state index is 13.1. The lowest BCUT2D eigenvalue weighted by Gasteiger charge is -2.17. The quantitative estimate of drug-likeness (QED) is 0.632. The van der Waals surface area contributed by atoms with E-state index in [1.807, 2.05) is 18.2 Å². The van der Waals surface area contributed by atoms with Crippen molar-refractivity contribution in [3.8, 4) is 0 Å². The van der Waals surface area contributed by atoms with Crippen molar-refractivity contribution in [3.05, 3.63) is 57.7 Å². The number of amidine groups is 1. The molecule has 8 heteroatoms. The molecule has 5 nitrogen and oxygen atoms in total. The minimum Gasteiger partial charge on any atom is -0.515 e. The lowest BCUT2D eigenvalue weighted by molar-refractivity contribution is -0.421. The van der Waals surface area contributed by atoms with Gasteiger partial charge in [0.2, 0.25) is 0 Å². The molecule has 124 valence electrons. The number of benzene rings is 1. The van der Waals surface area contributed by atoms with Gasteiger partial charge in [-0.2, -0.15) is 4.90 Å². The van der Waals surface area contributed by atoms with Crippen molar-refractivity contribution in [3.63, 3.8) is 0 Å². The highest BCUT2D eigenvalue weighted by Crippen LogP contribution is 2.38. The van der Waals surface area contributed by atoms with Gasteiger partial charge in [0.1, 0.15) is 5.57 Å². The van der Waals surface area contributed by atoms with Gasteiger partial charge in [-0.25, -0.2) is 9.78 Å². The largest absolute Gasteiger partial charge is 0.515 e. The normalized spacial score (nSPS) is 19.9. The predicted molar refractivity (Wildman–Crippen MR) is 98.1 cm³/mol. The van der Waals surface area contributed by atoms with Gasteiger partial charge >= 0.3 is 11.1 Å².